The van der Waals surface area contributed by atoms with E-state index in [1.807, 2.05) is 11.3 Å². The number of ether oxygens (including phenoxy) is 1. The van der Waals surface area contributed by atoms with Crippen molar-refractivity contribution in [2.24, 2.45) is 0 Å². The lowest BCUT2D eigenvalue weighted by Gasteiger charge is -2.39. The summed E-state index contributed by atoms with van der Waals surface area (Å²) in [4.78, 5) is 1.42. The molecule has 2 fully saturated rings. The molecule has 0 aromatic carbocycles. The number of nitrogens with one attached hydrogen (secondary N) is 1. The van der Waals surface area contributed by atoms with E-state index < -0.39 is 0 Å². The van der Waals surface area contributed by atoms with Crippen LogP contribution in [0.15, 0.2) is 11.4 Å². The fraction of sp³-hybridized carbons (Fsp3) is 0.692. The Morgan fingerprint density at radius 1 is 1.44 bits per heavy atom. The Morgan fingerprint density at radius 2 is 2.25 bits per heavy atom. The van der Waals surface area contributed by atoms with Crippen LogP contribution in [0.25, 0.3) is 0 Å². The van der Waals surface area contributed by atoms with Crippen LogP contribution in [-0.4, -0.2) is 18.7 Å². The zero-order chi connectivity index (χ0) is 11.0. The van der Waals surface area contributed by atoms with Gasteiger partial charge in [-0.05, 0) is 36.8 Å². The molecule has 88 valence electrons. The molecule has 1 spiro atoms. The van der Waals surface area contributed by atoms with Gasteiger partial charge in [0, 0.05) is 18.0 Å². The molecule has 1 aliphatic heterocycles. The minimum Gasteiger partial charge on any atom is -0.364 e. The van der Waals surface area contributed by atoms with E-state index in [2.05, 4.69) is 23.7 Å². The van der Waals surface area contributed by atoms with Gasteiger partial charge in [0.05, 0.1) is 5.60 Å². The topological polar surface area (TPSA) is 21.3 Å². The van der Waals surface area contributed by atoms with Gasteiger partial charge in [0.1, 0.15) is 6.10 Å². The maximum absolute atomic E-state index is 6.41. The molecule has 1 atom stereocenters. The van der Waals surface area contributed by atoms with Gasteiger partial charge in [0.25, 0.3) is 0 Å². The highest BCUT2D eigenvalue weighted by Crippen LogP contribution is 2.40. The number of hydrogen-bond acceptors (Lipinski definition) is 3. The van der Waals surface area contributed by atoms with Crippen LogP contribution >= 0.6 is 11.3 Å². The molecule has 1 aromatic rings. The number of rotatable bonds is 1. The van der Waals surface area contributed by atoms with Crippen molar-refractivity contribution in [3.05, 3.63) is 21.9 Å². The first-order chi connectivity index (χ1) is 7.79. The summed E-state index contributed by atoms with van der Waals surface area (Å²) in [6.07, 6.45) is 5.42. The number of thiophene rings is 1. The molecule has 1 aromatic heterocycles. The highest BCUT2D eigenvalue weighted by Gasteiger charge is 2.40. The van der Waals surface area contributed by atoms with Gasteiger partial charge < -0.3 is 10.1 Å². The molecule has 0 bridgehead atoms. The largest absolute Gasteiger partial charge is 0.364 e. The van der Waals surface area contributed by atoms with Crippen molar-refractivity contribution >= 4 is 11.3 Å². The first-order valence-corrected chi connectivity index (χ1v) is 7.10. The predicted molar refractivity (Wildman–Crippen MR) is 67.0 cm³/mol. The van der Waals surface area contributed by atoms with Crippen molar-refractivity contribution in [2.75, 3.05) is 13.1 Å². The maximum Gasteiger partial charge on any atom is 0.105 e. The Kier molecular flexibility index (Phi) is 2.78. The van der Waals surface area contributed by atoms with Crippen LogP contribution in [0.3, 0.4) is 0 Å². The molecule has 2 aliphatic rings. The Balaban J connectivity index is 1.80. The standard InChI is InChI=1S/C13H19NOS/c1-10-4-7-16-12(10)11-8-14-9-13(15-11)5-2-3-6-13/h4,7,11,14H,2-3,5-6,8-9H2,1H3. The number of aryl methyl sites for hydroxylation is 1. The second kappa shape index (κ2) is 4.13. The maximum atomic E-state index is 6.41. The molecule has 2 heterocycles. The van der Waals surface area contributed by atoms with Gasteiger partial charge in [-0.1, -0.05) is 12.8 Å². The van der Waals surface area contributed by atoms with Crippen molar-refractivity contribution in [3.63, 3.8) is 0 Å². The Morgan fingerprint density at radius 3 is 2.94 bits per heavy atom. The van der Waals surface area contributed by atoms with Gasteiger partial charge in [-0.25, -0.2) is 0 Å². The summed E-state index contributed by atoms with van der Waals surface area (Å²) in [7, 11) is 0. The van der Waals surface area contributed by atoms with E-state index in [-0.39, 0.29) is 11.7 Å². The molecule has 3 rings (SSSR count). The smallest absolute Gasteiger partial charge is 0.105 e. The normalized spacial score (nSPS) is 28.7. The summed E-state index contributed by atoms with van der Waals surface area (Å²) in [5.41, 5.74) is 1.53. The van der Waals surface area contributed by atoms with Crippen molar-refractivity contribution in [1.29, 1.82) is 0 Å². The molecule has 1 saturated carbocycles. The van der Waals surface area contributed by atoms with Crippen LogP contribution in [-0.2, 0) is 4.74 Å². The van der Waals surface area contributed by atoms with Crippen molar-refractivity contribution < 1.29 is 4.74 Å². The SMILES string of the molecule is Cc1ccsc1C1CNCC2(CCCC2)O1. The van der Waals surface area contributed by atoms with E-state index in [4.69, 9.17) is 4.74 Å². The summed E-state index contributed by atoms with van der Waals surface area (Å²) in [5.74, 6) is 0. The summed E-state index contributed by atoms with van der Waals surface area (Å²) < 4.78 is 6.41. The van der Waals surface area contributed by atoms with Gasteiger partial charge in [-0.15, -0.1) is 11.3 Å². The third-order valence-corrected chi connectivity index (χ3v) is 4.99. The lowest BCUT2D eigenvalue weighted by Crippen LogP contribution is -2.49. The minimum atomic E-state index is 0.152. The average Bonchev–Trinajstić information content (AvgIpc) is 2.88. The van der Waals surface area contributed by atoms with Gasteiger partial charge in [0.2, 0.25) is 0 Å². The Hall–Kier alpha value is -0.380. The van der Waals surface area contributed by atoms with E-state index >= 15 is 0 Å². The molecule has 1 aliphatic carbocycles. The Bertz CT molecular complexity index is 368. The van der Waals surface area contributed by atoms with E-state index in [1.165, 1.54) is 36.1 Å². The van der Waals surface area contributed by atoms with Crippen LogP contribution in [0.5, 0.6) is 0 Å². The highest BCUT2D eigenvalue weighted by molar-refractivity contribution is 7.10. The summed E-state index contributed by atoms with van der Waals surface area (Å²) >= 11 is 1.83. The molecule has 1 N–H and O–H groups in total. The van der Waals surface area contributed by atoms with Crippen LogP contribution < -0.4 is 5.32 Å². The second-order valence-corrected chi connectivity index (χ2v) is 6.04. The summed E-state index contributed by atoms with van der Waals surface area (Å²) in [6.45, 7) is 4.21. The first-order valence-electron chi connectivity index (χ1n) is 6.22. The zero-order valence-corrected chi connectivity index (χ0v) is 10.6. The van der Waals surface area contributed by atoms with E-state index in [1.54, 1.807) is 0 Å². The van der Waals surface area contributed by atoms with E-state index in [0.717, 1.165) is 13.1 Å². The van der Waals surface area contributed by atoms with Crippen molar-refractivity contribution in [1.82, 2.24) is 5.32 Å². The molecule has 3 heteroatoms. The highest BCUT2D eigenvalue weighted by atomic mass is 32.1. The third-order valence-electron chi connectivity index (χ3n) is 3.88. The quantitative estimate of drug-likeness (QED) is 0.810. The van der Waals surface area contributed by atoms with Crippen LogP contribution in [0, 0.1) is 6.92 Å². The molecule has 1 saturated heterocycles. The predicted octanol–water partition coefficient (Wildman–Crippen LogP) is 3.03. The van der Waals surface area contributed by atoms with Crippen LogP contribution in [0.4, 0.5) is 0 Å². The second-order valence-electron chi connectivity index (χ2n) is 5.10. The first kappa shape index (κ1) is 10.8. The van der Waals surface area contributed by atoms with Gasteiger partial charge in [-0.2, -0.15) is 0 Å². The summed E-state index contributed by atoms with van der Waals surface area (Å²) in [6, 6.07) is 2.19. The third kappa shape index (κ3) is 1.81. The molecular weight excluding hydrogens is 218 g/mol. The lowest BCUT2D eigenvalue weighted by atomic mass is 9.99. The van der Waals surface area contributed by atoms with Crippen molar-refractivity contribution in [2.45, 2.75) is 44.3 Å². The molecule has 0 radical (unpaired) electrons. The monoisotopic (exact) mass is 237 g/mol. The van der Waals surface area contributed by atoms with Crippen LogP contribution in [0.1, 0.15) is 42.2 Å². The fourth-order valence-electron chi connectivity index (χ4n) is 2.99. The molecule has 2 nitrogen and oxygen atoms in total. The van der Waals surface area contributed by atoms with Gasteiger partial charge in [-0.3, -0.25) is 0 Å². The molecular formula is C13H19NOS. The number of hydrogen-bond donors (Lipinski definition) is 1. The average molecular weight is 237 g/mol. The number of morpholine rings is 1. The van der Waals surface area contributed by atoms with E-state index in [0.29, 0.717) is 0 Å². The Labute approximate surface area is 101 Å². The summed E-state index contributed by atoms with van der Waals surface area (Å²) in [5, 5.41) is 5.74. The van der Waals surface area contributed by atoms with Gasteiger partial charge in [0.15, 0.2) is 0 Å². The molecule has 16 heavy (non-hydrogen) atoms. The molecule has 0 amide bonds. The van der Waals surface area contributed by atoms with Gasteiger partial charge >= 0.3 is 0 Å². The fourth-order valence-corrected chi connectivity index (χ4v) is 3.95. The zero-order valence-electron chi connectivity index (χ0n) is 9.79. The lowest BCUT2D eigenvalue weighted by molar-refractivity contribution is -0.113. The van der Waals surface area contributed by atoms with Crippen LogP contribution in [0.2, 0.25) is 0 Å². The molecule has 1 unspecified atom stereocenters. The minimum absolute atomic E-state index is 0.152. The van der Waals surface area contributed by atoms with E-state index in [9.17, 15) is 0 Å². The van der Waals surface area contributed by atoms with Crippen molar-refractivity contribution in [3.8, 4) is 0 Å².